The summed E-state index contributed by atoms with van der Waals surface area (Å²) < 4.78 is 30.1. The number of nitro groups is 1. The number of hydrogen-bond donors (Lipinski definition) is 0. The number of sulfonamides is 1. The van der Waals surface area contributed by atoms with E-state index in [1.807, 2.05) is 18.2 Å². The fraction of sp³-hybridized carbons (Fsp3) is 0.429. The largest absolute Gasteiger partial charge is 0.289 e. The molecule has 1 fully saturated rings. The highest BCUT2D eigenvalue weighted by atomic mass is 79.9. The molecule has 2 aromatic carbocycles. The third-order valence-corrected chi connectivity index (χ3v) is 8.75. The second kappa shape index (κ2) is 8.07. The minimum atomic E-state index is -4.10. The smallest absolute Gasteiger partial charge is 0.262 e. The van der Waals surface area contributed by atoms with Crippen LogP contribution in [0.5, 0.6) is 0 Å². The summed E-state index contributed by atoms with van der Waals surface area (Å²) in [6.07, 6.45) is 6.90. The first-order chi connectivity index (χ1) is 13.9. The molecule has 0 spiro atoms. The SMILES string of the molecule is O=[N+]([O-])c1ccccc1S(=O)(=O)N1c2cccc(Br)c2CCC1C1CCCCC1. The predicted molar refractivity (Wildman–Crippen MR) is 116 cm³/mol. The van der Waals surface area contributed by atoms with E-state index in [2.05, 4.69) is 15.9 Å². The minimum Gasteiger partial charge on any atom is -0.262 e. The number of hydrogen-bond acceptors (Lipinski definition) is 4. The van der Waals surface area contributed by atoms with Gasteiger partial charge in [0.05, 0.1) is 10.6 Å². The van der Waals surface area contributed by atoms with Crippen LogP contribution in [-0.2, 0) is 16.4 Å². The van der Waals surface area contributed by atoms with Crippen LogP contribution in [-0.4, -0.2) is 19.4 Å². The summed E-state index contributed by atoms with van der Waals surface area (Å²) in [6, 6.07) is 11.0. The Hall–Kier alpha value is -1.93. The molecule has 4 rings (SSSR count). The van der Waals surface area contributed by atoms with E-state index in [4.69, 9.17) is 0 Å². The Bertz CT molecular complexity index is 1030. The summed E-state index contributed by atoms with van der Waals surface area (Å²) in [7, 11) is -4.10. The molecule has 0 N–H and O–H groups in total. The summed E-state index contributed by atoms with van der Waals surface area (Å²) in [5.74, 6) is 0.272. The Morgan fingerprint density at radius 1 is 1.00 bits per heavy atom. The van der Waals surface area contributed by atoms with Crippen LogP contribution in [0.3, 0.4) is 0 Å². The maximum Gasteiger partial charge on any atom is 0.289 e. The van der Waals surface area contributed by atoms with Crippen molar-refractivity contribution < 1.29 is 13.3 Å². The van der Waals surface area contributed by atoms with Gasteiger partial charge in [0.15, 0.2) is 4.90 Å². The molecule has 0 radical (unpaired) electrons. The molecule has 2 aromatic rings. The number of rotatable bonds is 4. The van der Waals surface area contributed by atoms with E-state index in [-0.39, 0.29) is 22.5 Å². The van der Waals surface area contributed by atoms with Crippen LogP contribution in [0.1, 0.15) is 44.1 Å². The van der Waals surface area contributed by atoms with Crippen LogP contribution in [0.25, 0.3) is 0 Å². The van der Waals surface area contributed by atoms with Crippen molar-refractivity contribution in [1.82, 2.24) is 0 Å². The number of nitrogens with zero attached hydrogens (tertiary/aromatic N) is 2. The van der Waals surface area contributed by atoms with E-state index in [0.29, 0.717) is 5.69 Å². The Kier molecular flexibility index (Phi) is 5.66. The van der Waals surface area contributed by atoms with Crippen molar-refractivity contribution in [3.05, 3.63) is 62.6 Å². The molecule has 1 atom stereocenters. The van der Waals surface area contributed by atoms with Crippen LogP contribution in [0.15, 0.2) is 51.8 Å². The van der Waals surface area contributed by atoms with E-state index >= 15 is 0 Å². The van der Waals surface area contributed by atoms with E-state index in [0.717, 1.165) is 48.6 Å². The monoisotopic (exact) mass is 478 g/mol. The Labute approximate surface area is 179 Å². The van der Waals surface area contributed by atoms with Gasteiger partial charge in [0, 0.05) is 16.6 Å². The molecule has 1 aliphatic carbocycles. The second-order valence-electron chi connectivity index (χ2n) is 7.77. The summed E-state index contributed by atoms with van der Waals surface area (Å²) >= 11 is 3.56. The number of nitro benzene ring substituents is 1. The van der Waals surface area contributed by atoms with Gasteiger partial charge in [0.1, 0.15) is 0 Å². The van der Waals surface area contributed by atoms with Gasteiger partial charge in [0.2, 0.25) is 0 Å². The normalized spacial score (nSPS) is 20.3. The van der Waals surface area contributed by atoms with Crippen LogP contribution in [0.4, 0.5) is 11.4 Å². The van der Waals surface area contributed by atoms with Crippen LogP contribution in [0.2, 0.25) is 0 Å². The highest BCUT2D eigenvalue weighted by molar-refractivity contribution is 9.10. The zero-order valence-electron chi connectivity index (χ0n) is 16.0. The number of benzene rings is 2. The highest BCUT2D eigenvalue weighted by Crippen LogP contribution is 2.44. The summed E-state index contributed by atoms with van der Waals surface area (Å²) in [6.45, 7) is 0. The van der Waals surface area contributed by atoms with Gasteiger partial charge in [-0.25, -0.2) is 8.42 Å². The van der Waals surface area contributed by atoms with Crippen LogP contribution < -0.4 is 4.31 Å². The van der Waals surface area contributed by atoms with Gasteiger partial charge in [0.25, 0.3) is 15.7 Å². The minimum absolute atomic E-state index is 0.179. The first-order valence-corrected chi connectivity index (χ1v) is 12.2. The van der Waals surface area contributed by atoms with Crippen molar-refractivity contribution in [3.63, 3.8) is 0 Å². The predicted octanol–water partition coefficient (Wildman–Crippen LogP) is 5.45. The van der Waals surface area contributed by atoms with Gasteiger partial charge in [-0.05, 0) is 55.4 Å². The molecule has 154 valence electrons. The average molecular weight is 479 g/mol. The molecular weight excluding hydrogens is 456 g/mol. The molecule has 2 aliphatic rings. The maximum absolute atomic E-state index is 13.8. The first kappa shape index (κ1) is 20.3. The first-order valence-electron chi connectivity index (χ1n) is 9.96. The van der Waals surface area contributed by atoms with Crippen molar-refractivity contribution in [3.8, 4) is 0 Å². The lowest BCUT2D eigenvalue weighted by Gasteiger charge is -2.43. The lowest BCUT2D eigenvalue weighted by Crippen LogP contribution is -2.48. The third-order valence-electron chi connectivity index (χ3n) is 6.12. The molecule has 29 heavy (non-hydrogen) atoms. The fourth-order valence-electron chi connectivity index (χ4n) is 4.78. The maximum atomic E-state index is 13.8. The van der Waals surface area contributed by atoms with Crippen molar-refractivity contribution >= 4 is 37.3 Å². The van der Waals surface area contributed by atoms with Crippen LogP contribution in [0, 0.1) is 16.0 Å². The Balaban J connectivity index is 1.89. The summed E-state index contributed by atoms with van der Waals surface area (Å²) in [5.41, 5.74) is 1.21. The molecule has 1 heterocycles. The van der Waals surface area contributed by atoms with Crippen molar-refractivity contribution in [1.29, 1.82) is 0 Å². The molecule has 1 saturated carbocycles. The molecule has 8 heteroatoms. The Morgan fingerprint density at radius 3 is 2.45 bits per heavy atom. The van der Waals surface area contributed by atoms with Crippen molar-refractivity contribution in [2.45, 2.75) is 55.9 Å². The van der Waals surface area contributed by atoms with Gasteiger partial charge in [-0.15, -0.1) is 0 Å². The quantitative estimate of drug-likeness (QED) is 0.432. The summed E-state index contributed by atoms with van der Waals surface area (Å²) in [5, 5.41) is 11.5. The van der Waals surface area contributed by atoms with Gasteiger partial charge in [-0.2, -0.15) is 0 Å². The topological polar surface area (TPSA) is 80.5 Å². The fourth-order valence-corrected chi connectivity index (χ4v) is 7.26. The van der Waals surface area contributed by atoms with E-state index in [9.17, 15) is 18.5 Å². The van der Waals surface area contributed by atoms with Crippen LogP contribution >= 0.6 is 15.9 Å². The molecular formula is C21H23BrN2O4S. The van der Waals surface area contributed by atoms with E-state index in [1.54, 1.807) is 6.07 Å². The summed E-state index contributed by atoms with van der Waals surface area (Å²) in [4.78, 5) is 10.7. The Morgan fingerprint density at radius 2 is 1.72 bits per heavy atom. The molecule has 1 aliphatic heterocycles. The average Bonchev–Trinajstić information content (AvgIpc) is 2.73. The van der Waals surface area contributed by atoms with E-state index < -0.39 is 14.9 Å². The lowest BCUT2D eigenvalue weighted by molar-refractivity contribution is -0.387. The van der Waals surface area contributed by atoms with Gasteiger partial charge in [-0.3, -0.25) is 14.4 Å². The molecule has 1 unspecified atom stereocenters. The van der Waals surface area contributed by atoms with Gasteiger partial charge >= 0.3 is 0 Å². The molecule has 0 amide bonds. The van der Waals surface area contributed by atoms with Crippen molar-refractivity contribution in [2.24, 2.45) is 5.92 Å². The van der Waals surface area contributed by atoms with Gasteiger partial charge < -0.3 is 0 Å². The second-order valence-corrected chi connectivity index (χ2v) is 10.4. The lowest BCUT2D eigenvalue weighted by atomic mass is 9.80. The molecule has 0 bridgehead atoms. The van der Waals surface area contributed by atoms with Gasteiger partial charge in [-0.1, -0.05) is 53.4 Å². The highest BCUT2D eigenvalue weighted by Gasteiger charge is 2.42. The molecule has 0 saturated heterocycles. The van der Waals surface area contributed by atoms with E-state index in [1.165, 1.54) is 28.9 Å². The number of anilines is 1. The molecule has 6 nitrogen and oxygen atoms in total. The number of halogens is 1. The zero-order valence-corrected chi connectivity index (χ0v) is 18.4. The number of para-hydroxylation sites is 1. The molecule has 0 aromatic heterocycles. The van der Waals surface area contributed by atoms with Crippen molar-refractivity contribution in [2.75, 3.05) is 4.31 Å². The third kappa shape index (κ3) is 3.68. The zero-order chi connectivity index (χ0) is 20.6. The number of fused-ring (bicyclic) bond motifs is 1. The standard InChI is InChI=1S/C21H23BrN2O4S/c22-17-9-6-11-19-16(17)13-14-18(15-7-2-1-3-8-15)23(19)29(27,28)21-12-5-4-10-20(21)24(25)26/h4-6,9-12,15,18H,1-3,7-8,13-14H2.